The fraction of sp³-hybridized carbons (Fsp3) is 0.412. The molecule has 1 saturated heterocycles. The van der Waals surface area contributed by atoms with E-state index < -0.39 is 5.92 Å². The molecule has 2 aromatic rings. The second-order valence-corrected chi connectivity index (χ2v) is 6.88. The Kier molecular flexibility index (Phi) is 5.89. The number of hydrogen-bond acceptors (Lipinski definition) is 6. The number of carbonyl (C=O) groups excluding carboxylic acids is 2. The average Bonchev–Trinajstić information content (AvgIpc) is 3.23. The molecule has 1 aromatic heterocycles. The molecule has 1 atom stereocenters. The summed E-state index contributed by atoms with van der Waals surface area (Å²) in [5.74, 6) is -1.28. The first-order valence-corrected chi connectivity index (χ1v) is 9.15. The van der Waals surface area contributed by atoms with Crippen molar-refractivity contribution >= 4 is 34.0 Å². The molecule has 2 amide bonds. The van der Waals surface area contributed by atoms with Gasteiger partial charge in [-0.15, -0.1) is 10.2 Å². The van der Waals surface area contributed by atoms with Gasteiger partial charge in [0, 0.05) is 31.7 Å². The molecule has 0 spiro atoms. The lowest BCUT2D eigenvalue weighted by atomic mass is 10.1. The molecule has 3 rings (SSSR count). The van der Waals surface area contributed by atoms with Crippen LogP contribution in [0.5, 0.6) is 0 Å². The summed E-state index contributed by atoms with van der Waals surface area (Å²) in [5.41, 5.74) is 0.584. The molecule has 1 N–H and O–H groups in total. The molecule has 0 radical (unpaired) electrons. The SMILES string of the molecule is CCOCCc1nnc(NC(=O)[C@@H]2CC(=O)N(c3ccc(F)cc3)C2)s1. The van der Waals surface area contributed by atoms with Gasteiger partial charge in [0.15, 0.2) is 0 Å². The molecule has 2 heterocycles. The fourth-order valence-corrected chi connectivity index (χ4v) is 3.39. The number of aromatic nitrogens is 2. The van der Waals surface area contributed by atoms with Gasteiger partial charge in [-0.05, 0) is 31.2 Å². The van der Waals surface area contributed by atoms with Crippen LogP contribution in [0.3, 0.4) is 0 Å². The van der Waals surface area contributed by atoms with Crippen molar-refractivity contribution < 1.29 is 18.7 Å². The highest BCUT2D eigenvalue weighted by Gasteiger charge is 2.35. The van der Waals surface area contributed by atoms with E-state index in [1.54, 1.807) is 0 Å². The Balaban J connectivity index is 1.57. The van der Waals surface area contributed by atoms with Crippen LogP contribution in [0.4, 0.5) is 15.2 Å². The zero-order valence-electron chi connectivity index (χ0n) is 14.3. The topological polar surface area (TPSA) is 84.4 Å². The minimum Gasteiger partial charge on any atom is -0.381 e. The van der Waals surface area contributed by atoms with Crippen molar-refractivity contribution in [2.75, 3.05) is 30.0 Å². The number of ether oxygens (including phenoxy) is 1. The first kappa shape index (κ1) is 18.4. The Morgan fingerprint density at radius 1 is 1.38 bits per heavy atom. The van der Waals surface area contributed by atoms with Gasteiger partial charge in [0.25, 0.3) is 0 Å². The summed E-state index contributed by atoms with van der Waals surface area (Å²) in [7, 11) is 0. The first-order chi connectivity index (χ1) is 12.6. The van der Waals surface area contributed by atoms with Gasteiger partial charge in [-0.2, -0.15) is 0 Å². The fourth-order valence-electron chi connectivity index (χ4n) is 2.67. The van der Waals surface area contributed by atoms with Gasteiger partial charge in [-0.3, -0.25) is 9.59 Å². The molecule has 26 heavy (non-hydrogen) atoms. The van der Waals surface area contributed by atoms with Gasteiger partial charge in [-0.1, -0.05) is 11.3 Å². The molecular weight excluding hydrogens is 359 g/mol. The number of rotatable bonds is 7. The van der Waals surface area contributed by atoms with E-state index in [1.165, 1.54) is 40.5 Å². The van der Waals surface area contributed by atoms with Crippen LogP contribution in [0.1, 0.15) is 18.4 Å². The van der Waals surface area contributed by atoms with Crippen molar-refractivity contribution in [3.8, 4) is 0 Å². The molecule has 7 nitrogen and oxygen atoms in total. The van der Waals surface area contributed by atoms with Crippen molar-refractivity contribution in [2.45, 2.75) is 19.8 Å². The van der Waals surface area contributed by atoms with Gasteiger partial charge >= 0.3 is 0 Å². The van der Waals surface area contributed by atoms with Crippen LogP contribution in [0.15, 0.2) is 24.3 Å². The second-order valence-electron chi connectivity index (χ2n) is 5.82. The van der Waals surface area contributed by atoms with Crippen molar-refractivity contribution in [1.29, 1.82) is 0 Å². The number of nitrogens with one attached hydrogen (secondary N) is 1. The van der Waals surface area contributed by atoms with E-state index in [2.05, 4.69) is 15.5 Å². The largest absolute Gasteiger partial charge is 0.381 e. The van der Waals surface area contributed by atoms with E-state index in [4.69, 9.17) is 4.74 Å². The lowest BCUT2D eigenvalue weighted by molar-refractivity contribution is -0.122. The molecule has 1 fully saturated rings. The van der Waals surface area contributed by atoms with Crippen LogP contribution in [-0.4, -0.2) is 41.8 Å². The molecule has 1 aliphatic heterocycles. The number of carbonyl (C=O) groups is 2. The molecule has 0 unspecified atom stereocenters. The van der Waals surface area contributed by atoms with E-state index in [-0.39, 0.29) is 30.6 Å². The molecule has 0 bridgehead atoms. The number of hydrogen-bond donors (Lipinski definition) is 1. The lowest BCUT2D eigenvalue weighted by Gasteiger charge is -2.16. The van der Waals surface area contributed by atoms with E-state index in [0.29, 0.717) is 30.5 Å². The molecule has 1 aromatic carbocycles. The van der Waals surface area contributed by atoms with Gasteiger partial charge in [0.2, 0.25) is 16.9 Å². The third-order valence-electron chi connectivity index (χ3n) is 4.00. The van der Waals surface area contributed by atoms with Crippen molar-refractivity contribution in [1.82, 2.24) is 10.2 Å². The van der Waals surface area contributed by atoms with Crippen molar-refractivity contribution in [3.05, 3.63) is 35.1 Å². The summed E-state index contributed by atoms with van der Waals surface area (Å²) in [6.45, 7) is 3.38. The number of anilines is 2. The third kappa shape index (κ3) is 4.41. The molecule has 0 aliphatic carbocycles. The maximum absolute atomic E-state index is 13.0. The smallest absolute Gasteiger partial charge is 0.231 e. The predicted octanol–water partition coefficient (Wildman–Crippen LogP) is 2.25. The Morgan fingerprint density at radius 3 is 2.88 bits per heavy atom. The summed E-state index contributed by atoms with van der Waals surface area (Å²) >= 11 is 1.30. The molecule has 138 valence electrons. The van der Waals surface area contributed by atoms with Crippen LogP contribution in [0.25, 0.3) is 0 Å². The van der Waals surface area contributed by atoms with Crippen molar-refractivity contribution in [2.24, 2.45) is 5.92 Å². The third-order valence-corrected chi connectivity index (χ3v) is 4.89. The Morgan fingerprint density at radius 2 is 2.15 bits per heavy atom. The minimum atomic E-state index is -0.483. The normalized spacial score (nSPS) is 16.9. The Bertz CT molecular complexity index is 781. The lowest BCUT2D eigenvalue weighted by Crippen LogP contribution is -2.28. The quantitative estimate of drug-likeness (QED) is 0.747. The molecular formula is C17H19FN4O3S. The van der Waals surface area contributed by atoms with E-state index in [1.807, 2.05) is 6.92 Å². The van der Waals surface area contributed by atoms with Crippen molar-refractivity contribution in [3.63, 3.8) is 0 Å². The number of amides is 2. The summed E-state index contributed by atoms with van der Waals surface area (Å²) < 4.78 is 18.3. The highest BCUT2D eigenvalue weighted by Crippen LogP contribution is 2.26. The Hall–Kier alpha value is -2.39. The molecule has 0 saturated carbocycles. The predicted molar refractivity (Wildman–Crippen MR) is 95.6 cm³/mol. The van der Waals surface area contributed by atoms with Crippen LogP contribution >= 0.6 is 11.3 Å². The molecule has 1 aliphatic rings. The first-order valence-electron chi connectivity index (χ1n) is 8.33. The summed E-state index contributed by atoms with van der Waals surface area (Å²) in [6, 6.07) is 5.65. The van der Waals surface area contributed by atoms with Gasteiger partial charge in [0.05, 0.1) is 12.5 Å². The zero-order chi connectivity index (χ0) is 18.5. The maximum atomic E-state index is 13.0. The number of benzene rings is 1. The van der Waals surface area contributed by atoms with E-state index >= 15 is 0 Å². The van der Waals surface area contributed by atoms with Gasteiger partial charge in [0.1, 0.15) is 10.8 Å². The summed E-state index contributed by atoms with van der Waals surface area (Å²) in [6.07, 6.45) is 0.751. The second kappa shape index (κ2) is 8.33. The zero-order valence-corrected chi connectivity index (χ0v) is 15.1. The van der Waals surface area contributed by atoms with Crippen LogP contribution in [-0.2, 0) is 20.7 Å². The minimum absolute atomic E-state index is 0.110. The van der Waals surface area contributed by atoms with Gasteiger partial charge < -0.3 is 15.0 Å². The maximum Gasteiger partial charge on any atom is 0.231 e. The molecule has 9 heteroatoms. The summed E-state index contributed by atoms with van der Waals surface area (Å²) in [4.78, 5) is 26.1. The van der Waals surface area contributed by atoms with Gasteiger partial charge in [-0.25, -0.2) is 4.39 Å². The van der Waals surface area contributed by atoms with Crippen LogP contribution < -0.4 is 10.2 Å². The van der Waals surface area contributed by atoms with Crippen LogP contribution in [0, 0.1) is 11.7 Å². The number of nitrogens with zero attached hydrogens (tertiary/aromatic N) is 3. The standard InChI is InChI=1S/C17H19FN4O3S/c1-2-25-8-7-14-20-21-17(26-14)19-16(24)11-9-15(23)22(10-11)13-5-3-12(18)4-6-13/h3-6,11H,2,7-10H2,1H3,(H,19,21,24)/t11-/m1/s1. The highest BCUT2D eigenvalue weighted by atomic mass is 32.1. The van der Waals surface area contributed by atoms with E-state index in [9.17, 15) is 14.0 Å². The summed E-state index contributed by atoms with van der Waals surface area (Å²) in [5, 5.41) is 11.9. The van der Waals surface area contributed by atoms with Crippen LogP contribution in [0.2, 0.25) is 0 Å². The highest BCUT2D eigenvalue weighted by molar-refractivity contribution is 7.15. The monoisotopic (exact) mass is 378 g/mol. The average molecular weight is 378 g/mol. The Labute approximate surface area is 154 Å². The number of halogens is 1. The van der Waals surface area contributed by atoms with E-state index in [0.717, 1.165) is 5.01 Å².